The number of likely N-dealkylation sites (tertiary alicyclic amines) is 1. The smallest absolute Gasteiger partial charge is 0.465 e. The number of nitrogens with zero attached hydrogens (tertiary/aromatic N) is 2. The number of aromatic nitrogens is 1. The Kier molecular flexibility index (Phi) is 5.58. The molecule has 0 saturated carbocycles. The molecule has 0 bridgehead atoms. The molecule has 1 amide bonds. The molecule has 1 aliphatic heterocycles. The Labute approximate surface area is 150 Å². The monoisotopic (exact) mass is 375 g/mol. The third-order valence-corrected chi connectivity index (χ3v) is 4.59. The molecule has 146 valence electrons. The topological polar surface area (TPSA) is 74.7 Å². The first-order valence-corrected chi connectivity index (χ1v) is 8.36. The number of nitrogens with one attached hydrogen (secondary N) is 1. The van der Waals surface area contributed by atoms with Crippen LogP contribution in [0.15, 0.2) is 18.3 Å². The van der Waals surface area contributed by atoms with Gasteiger partial charge in [-0.25, -0.2) is 9.78 Å². The molecule has 0 radical (unpaired) electrons. The number of ether oxygens (including phenoxy) is 1. The van der Waals surface area contributed by atoms with Gasteiger partial charge in [0.25, 0.3) is 0 Å². The summed E-state index contributed by atoms with van der Waals surface area (Å²) in [5.41, 5.74) is -0.254. The highest BCUT2D eigenvalue weighted by Gasteiger charge is 2.43. The maximum Gasteiger partial charge on any atom is 0.573 e. The minimum Gasteiger partial charge on any atom is -0.465 e. The molecule has 0 spiro atoms. The normalized spacial score (nSPS) is 24.3. The molecule has 1 aromatic heterocycles. The van der Waals surface area contributed by atoms with E-state index in [9.17, 15) is 23.1 Å². The van der Waals surface area contributed by atoms with Crippen molar-refractivity contribution >= 4 is 11.9 Å². The van der Waals surface area contributed by atoms with E-state index in [4.69, 9.17) is 0 Å². The lowest BCUT2D eigenvalue weighted by Gasteiger charge is -2.49. The third kappa shape index (κ3) is 4.92. The SMILES string of the molecule is CC1C(Nc2ccc(OC(F)(F)F)cn2)CCN(C(=O)O)C1C(C)(C)C. The minimum atomic E-state index is -4.76. The van der Waals surface area contributed by atoms with E-state index in [1.165, 1.54) is 17.0 Å². The van der Waals surface area contributed by atoms with Crippen LogP contribution in [0.5, 0.6) is 5.75 Å². The molecule has 26 heavy (non-hydrogen) atoms. The van der Waals surface area contributed by atoms with Crippen LogP contribution < -0.4 is 10.1 Å². The summed E-state index contributed by atoms with van der Waals surface area (Å²) in [6.45, 7) is 8.34. The van der Waals surface area contributed by atoms with Gasteiger partial charge in [-0.05, 0) is 29.9 Å². The molecule has 6 nitrogen and oxygen atoms in total. The first-order valence-electron chi connectivity index (χ1n) is 8.36. The van der Waals surface area contributed by atoms with Gasteiger partial charge in [0.2, 0.25) is 0 Å². The maximum atomic E-state index is 12.2. The summed E-state index contributed by atoms with van der Waals surface area (Å²) in [6, 6.07) is 2.38. The highest BCUT2D eigenvalue weighted by atomic mass is 19.4. The van der Waals surface area contributed by atoms with E-state index >= 15 is 0 Å². The number of alkyl halides is 3. The van der Waals surface area contributed by atoms with Gasteiger partial charge in [-0.1, -0.05) is 27.7 Å². The van der Waals surface area contributed by atoms with Gasteiger partial charge in [0.05, 0.1) is 6.20 Å². The number of anilines is 1. The molecule has 1 aromatic rings. The number of piperidine rings is 1. The van der Waals surface area contributed by atoms with Crippen molar-refractivity contribution in [2.24, 2.45) is 11.3 Å². The van der Waals surface area contributed by atoms with Crippen molar-refractivity contribution < 1.29 is 27.8 Å². The number of carbonyl (C=O) groups is 1. The van der Waals surface area contributed by atoms with Crippen LogP contribution in [0.4, 0.5) is 23.8 Å². The Morgan fingerprint density at radius 1 is 1.35 bits per heavy atom. The van der Waals surface area contributed by atoms with Crippen molar-refractivity contribution in [3.05, 3.63) is 18.3 Å². The molecule has 3 unspecified atom stereocenters. The van der Waals surface area contributed by atoms with Crippen molar-refractivity contribution in [2.45, 2.75) is 52.6 Å². The molecule has 0 aromatic carbocycles. The first-order chi connectivity index (χ1) is 11.9. The van der Waals surface area contributed by atoms with E-state index in [0.717, 1.165) is 6.20 Å². The fourth-order valence-corrected chi connectivity index (χ4v) is 3.71. The van der Waals surface area contributed by atoms with Crippen LogP contribution in [-0.4, -0.2) is 46.1 Å². The zero-order valence-corrected chi connectivity index (χ0v) is 15.2. The number of hydrogen-bond acceptors (Lipinski definition) is 4. The number of rotatable bonds is 3. The Bertz CT molecular complexity index is 629. The third-order valence-electron chi connectivity index (χ3n) is 4.59. The van der Waals surface area contributed by atoms with Crippen molar-refractivity contribution in [3.8, 4) is 5.75 Å². The van der Waals surface area contributed by atoms with Crippen molar-refractivity contribution in [1.29, 1.82) is 0 Å². The van der Waals surface area contributed by atoms with E-state index in [0.29, 0.717) is 18.8 Å². The number of amides is 1. The van der Waals surface area contributed by atoms with Crippen LogP contribution in [0.1, 0.15) is 34.1 Å². The number of halogens is 3. The van der Waals surface area contributed by atoms with Gasteiger partial charge in [0, 0.05) is 18.6 Å². The van der Waals surface area contributed by atoms with Crippen molar-refractivity contribution in [3.63, 3.8) is 0 Å². The lowest BCUT2D eigenvalue weighted by molar-refractivity contribution is -0.274. The highest BCUT2D eigenvalue weighted by molar-refractivity contribution is 5.66. The Hall–Kier alpha value is -2.19. The molecule has 2 heterocycles. The van der Waals surface area contributed by atoms with Gasteiger partial charge in [0.15, 0.2) is 0 Å². The number of pyridine rings is 1. The Morgan fingerprint density at radius 2 is 2.00 bits per heavy atom. The molecule has 2 rings (SSSR count). The summed E-state index contributed by atoms with van der Waals surface area (Å²) in [5.74, 6) is 0.0323. The quantitative estimate of drug-likeness (QED) is 0.828. The second-order valence-corrected chi connectivity index (χ2v) is 7.61. The Morgan fingerprint density at radius 3 is 2.46 bits per heavy atom. The van der Waals surface area contributed by atoms with E-state index in [-0.39, 0.29) is 29.2 Å². The van der Waals surface area contributed by atoms with Crippen LogP contribution in [0.3, 0.4) is 0 Å². The van der Waals surface area contributed by atoms with Gasteiger partial charge in [-0.15, -0.1) is 13.2 Å². The van der Waals surface area contributed by atoms with Crippen LogP contribution in [0, 0.1) is 11.3 Å². The van der Waals surface area contributed by atoms with Crippen molar-refractivity contribution in [1.82, 2.24) is 9.88 Å². The first kappa shape index (κ1) is 20.1. The fourth-order valence-electron chi connectivity index (χ4n) is 3.71. The molecule has 2 N–H and O–H groups in total. The van der Waals surface area contributed by atoms with E-state index in [2.05, 4.69) is 15.0 Å². The van der Waals surface area contributed by atoms with Crippen LogP contribution in [0.25, 0.3) is 0 Å². The lowest BCUT2D eigenvalue weighted by atomic mass is 9.73. The average Bonchev–Trinajstić information content (AvgIpc) is 2.48. The zero-order valence-electron chi connectivity index (χ0n) is 15.2. The molecule has 9 heteroatoms. The molecule has 0 aliphatic carbocycles. The van der Waals surface area contributed by atoms with Crippen LogP contribution in [0.2, 0.25) is 0 Å². The second-order valence-electron chi connectivity index (χ2n) is 7.61. The standard InChI is InChI=1S/C17H24F3N3O3/c1-10-12(7-8-23(15(24)25)14(10)16(2,3)4)22-13-6-5-11(9-21-13)26-17(18,19)20/h5-6,9-10,12,14H,7-8H2,1-4H3,(H,21,22)(H,24,25). The summed E-state index contributed by atoms with van der Waals surface area (Å²) < 4.78 is 40.4. The molecule has 1 saturated heterocycles. The predicted molar refractivity (Wildman–Crippen MR) is 90.1 cm³/mol. The van der Waals surface area contributed by atoms with E-state index in [1.807, 2.05) is 27.7 Å². The van der Waals surface area contributed by atoms with E-state index in [1.54, 1.807) is 0 Å². The van der Waals surface area contributed by atoms with Gasteiger partial charge >= 0.3 is 12.5 Å². The highest BCUT2D eigenvalue weighted by Crippen LogP contribution is 2.37. The number of carboxylic acid groups (broad SMARTS) is 1. The van der Waals surface area contributed by atoms with Gasteiger partial charge in [-0.2, -0.15) is 0 Å². The largest absolute Gasteiger partial charge is 0.573 e. The zero-order chi connectivity index (χ0) is 19.7. The van der Waals surface area contributed by atoms with Gasteiger partial charge in [-0.3, -0.25) is 0 Å². The summed E-state index contributed by atoms with van der Waals surface area (Å²) in [6.07, 6.45) is -4.10. The molecular weight excluding hydrogens is 351 g/mol. The predicted octanol–water partition coefficient (Wildman–Crippen LogP) is 4.20. The average molecular weight is 375 g/mol. The fraction of sp³-hybridized carbons (Fsp3) is 0.647. The van der Waals surface area contributed by atoms with Crippen molar-refractivity contribution in [2.75, 3.05) is 11.9 Å². The molecule has 1 fully saturated rings. The summed E-state index contributed by atoms with van der Waals surface area (Å²) in [5, 5.41) is 12.7. The summed E-state index contributed by atoms with van der Waals surface area (Å²) in [4.78, 5) is 17.0. The molecular formula is C17H24F3N3O3. The van der Waals surface area contributed by atoms with Crippen LogP contribution >= 0.6 is 0 Å². The summed E-state index contributed by atoms with van der Waals surface area (Å²) >= 11 is 0. The Balaban J connectivity index is 2.11. The van der Waals surface area contributed by atoms with Crippen LogP contribution in [-0.2, 0) is 0 Å². The minimum absolute atomic E-state index is 0.00671. The number of hydrogen-bond donors (Lipinski definition) is 2. The molecule has 3 atom stereocenters. The summed E-state index contributed by atoms with van der Waals surface area (Å²) in [7, 11) is 0. The van der Waals surface area contributed by atoms with Gasteiger partial charge in [0.1, 0.15) is 11.6 Å². The maximum absolute atomic E-state index is 12.2. The lowest BCUT2D eigenvalue weighted by Crippen LogP contribution is -2.59. The second kappa shape index (κ2) is 7.20. The van der Waals surface area contributed by atoms with E-state index < -0.39 is 12.5 Å². The van der Waals surface area contributed by atoms with Gasteiger partial charge < -0.3 is 20.1 Å². The molecule has 1 aliphatic rings.